The number of aliphatic hydroxyl groups is 1. The Morgan fingerprint density at radius 1 is 1.14 bits per heavy atom. The fraction of sp³-hybridized carbons (Fsp3) is 0.387. The van der Waals surface area contributed by atoms with Crippen molar-refractivity contribution in [2.24, 2.45) is 0 Å². The van der Waals surface area contributed by atoms with E-state index in [0.29, 0.717) is 35.2 Å². The molecule has 234 valence electrons. The van der Waals surface area contributed by atoms with Crippen molar-refractivity contribution < 1.29 is 36.7 Å². The lowest BCUT2D eigenvalue weighted by molar-refractivity contribution is -0.143. The maximum atomic E-state index is 15.6. The molecule has 13 heteroatoms. The molecule has 2 N–H and O–H groups in total. The molecule has 0 bridgehead atoms. The van der Waals surface area contributed by atoms with Gasteiger partial charge in [0.2, 0.25) is 0 Å². The normalized spacial score (nSPS) is 15.1. The largest absolute Gasteiger partial charge is 0.508 e. The van der Waals surface area contributed by atoms with Crippen LogP contribution in [0.15, 0.2) is 42.5 Å². The third-order valence-electron chi connectivity index (χ3n) is 7.94. The minimum Gasteiger partial charge on any atom is -0.508 e. The Bertz CT molecular complexity index is 1810. The van der Waals surface area contributed by atoms with Gasteiger partial charge in [-0.3, -0.25) is 4.79 Å². The molecule has 0 saturated carbocycles. The number of hydrogen-bond acceptors (Lipinski definition) is 9. The van der Waals surface area contributed by atoms with E-state index in [0.717, 1.165) is 27.4 Å². The van der Waals surface area contributed by atoms with Crippen LogP contribution in [0, 0.1) is 19.7 Å². The van der Waals surface area contributed by atoms with Crippen molar-refractivity contribution >= 4 is 27.3 Å². The molecule has 2 heterocycles. The van der Waals surface area contributed by atoms with E-state index in [2.05, 4.69) is 10.3 Å². The van der Waals surface area contributed by atoms with Gasteiger partial charge in [-0.25, -0.2) is 9.07 Å². The highest BCUT2D eigenvalue weighted by Gasteiger charge is 2.33. The van der Waals surface area contributed by atoms with Crippen molar-refractivity contribution in [2.75, 3.05) is 13.2 Å². The summed E-state index contributed by atoms with van der Waals surface area (Å²) in [5, 5.41) is 27.7. The number of benzene rings is 3. The van der Waals surface area contributed by atoms with E-state index in [1.54, 1.807) is 24.6 Å². The summed E-state index contributed by atoms with van der Waals surface area (Å²) in [7, 11) is -4.20. The SMILES string of the molecule is CCOC(=O)CC(c1cc(F)c(C)c(CN2Cc3cc(O)ccc3OS2(=O)=O)c1)c1ccc2c(nnn2CCCCO)c1C. The molecule has 4 aromatic rings. The number of fused-ring (bicyclic) bond motifs is 2. The number of unbranched alkanes of at least 4 members (excludes halogenated alkanes) is 1. The Balaban J connectivity index is 1.54. The lowest BCUT2D eigenvalue weighted by Crippen LogP contribution is -2.37. The highest BCUT2D eigenvalue weighted by atomic mass is 32.2. The number of aryl methyl sites for hydroxylation is 2. The van der Waals surface area contributed by atoms with Crippen molar-refractivity contribution in [3.05, 3.63) is 81.7 Å². The van der Waals surface area contributed by atoms with E-state index in [9.17, 15) is 18.3 Å². The zero-order valence-electron chi connectivity index (χ0n) is 24.8. The minimum absolute atomic E-state index is 0.0323. The first-order valence-corrected chi connectivity index (χ1v) is 15.8. The summed E-state index contributed by atoms with van der Waals surface area (Å²) in [5.74, 6) is -1.54. The fourth-order valence-electron chi connectivity index (χ4n) is 5.55. The number of esters is 1. The Kier molecular flexibility index (Phi) is 9.18. The van der Waals surface area contributed by atoms with Crippen LogP contribution in [-0.4, -0.2) is 57.1 Å². The summed E-state index contributed by atoms with van der Waals surface area (Å²) < 4.78 is 54.9. The van der Waals surface area contributed by atoms with Crippen LogP contribution < -0.4 is 4.18 Å². The van der Waals surface area contributed by atoms with Gasteiger partial charge in [0, 0.05) is 37.7 Å². The second kappa shape index (κ2) is 12.9. The summed E-state index contributed by atoms with van der Waals surface area (Å²) in [6.45, 7) is 5.74. The second-order valence-electron chi connectivity index (χ2n) is 10.8. The predicted octanol–water partition coefficient (Wildman–Crippen LogP) is 4.39. The number of carbonyl (C=O) groups excluding carboxylic acids is 1. The van der Waals surface area contributed by atoms with Crippen molar-refractivity contribution in [1.29, 1.82) is 0 Å². The van der Waals surface area contributed by atoms with Crippen LogP contribution in [0.4, 0.5) is 4.39 Å². The number of aromatic nitrogens is 3. The molecule has 1 aliphatic heterocycles. The molecule has 5 rings (SSSR count). The van der Waals surface area contributed by atoms with Crippen LogP contribution in [0.3, 0.4) is 0 Å². The topological polar surface area (TPSA) is 144 Å². The van der Waals surface area contributed by atoms with Crippen LogP contribution in [0.5, 0.6) is 11.5 Å². The van der Waals surface area contributed by atoms with Gasteiger partial charge in [0.15, 0.2) is 0 Å². The summed E-state index contributed by atoms with van der Waals surface area (Å²) in [6, 6.07) is 11.0. The number of hydrogen-bond donors (Lipinski definition) is 2. The zero-order valence-corrected chi connectivity index (χ0v) is 25.6. The summed E-state index contributed by atoms with van der Waals surface area (Å²) in [6.07, 6.45) is 1.29. The molecule has 1 atom stereocenters. The second-order valence-corrected chi connectivity index (χ2v) is 12.4. The molecule has 0 saturated heterocycles. The van der Waals surface area contributed by atoms with Gasteiger partial charge in [-0.1, -0.05) is 17.3 Å². The Labute approximate surface area is 255 Å². The smallest absolute Gasteiger partial charge is 0.385 e. The van der Waals surface area contributed by atoms with Crippen molar-refractivity contribution in [3.8, 4) is 11.5 Å². The van der Waals surface area contributed by atoms with Crippen LogP contribution in [-0.2, 0) is 39.5 Å². The average molecular weight is 627 g/mol. The van der Waals surface area contributed by atoms with Crippen LogP contribution in [0.25, 0.3) is 11.0 Å². The van der Waals surface area contributed by atoms with Gasteiger partial charge in [0.05, 0.1) is 18.5 Å². The molecule has 44 heavy (non-hydrogen) atoms. The molecule has 0 spiro atoms. The Morgan fingerprint density at radius 2 is 1.93 bits per heavy atom. The number of ether oxygens (including phenoxy) is 1. The molecule has 0 radical (unpaired) electrons. The standard InChI is InChI=1S/C31H35FN4O7S/c1-4-42-30(39)16-26(25-8-9-28-31(20(25)3)33-34-36(28)11-5-6-12-37)21-13-22(19(2)27(32)15-21)17-35-18-23-14-24(38)7-10-29(23)43-44(35,40)41/h7-10,13-15,26,37-38H,4-6,11-12,16-18H2,1-3H3. The van der Waals surface area contributed by atoms with Gasteiger partial charge < -0.3 is 19.1 Å². The summed E-state index contributed by atoms with van der Waals surface area (Å²) >= 11 is 0. The number of aliphatic hydroxyl groups excluding tert-OH is 1. The number of aromatic hydroxyl groups is 1. The van der Waals surface area contributed by atoms with Crippen molar-refractivity contribution in [3.63, 3.8) is 0 Å². The lowest BCUT2D eigenvalue weighted by atomic mass is 9.84. The first kappa shape index (κ1) is 31.4. The zero-order chi connectivity index (χ0) is 31.6. The molecule has 11 nitrogen and oxygen atoms in total. The molecule has 0 amide bonds. The van der Waals surface area contributed by atoms with E-state index < -0.39 is 28.0 Å². The number of nitrogens with zero attached hydrogens (tertiary/aromatic N) is 4. The summed E-state index contributed by atoms with van der Waals surface area (Å²) in [5.41, 5.74) is 4.57. The molecule has 1 unspecified atom stereocenters. The van der Waals surface area contributed by atoms with Gasteiger partial charge >= 0.3 is 16.3 Å². The van der Waals surface area contributed by atoms with Gasteiger partial charge in [0.1, 0.15) is 22.8 Å². The monoisotopic (exact) mass is 626 g/mol. The van der Waals surface area contributed by atoms with Crippen LogP contribution in [0.2, 0.25) is 0 Å². The van der Waals surface area contributed by atoms with Crippen LogP contribution in [0.1, 0.15) is 65.5 Å². The van der Waals surface area contributed by atoms with E-state index in [1.165, 1.54) is 24.3 Å². The molecular formula is C31H35FN4O7S. The van der Waals surface area contributed by atoms with Gasteiger partial charge in [-0.05, 0) is 91.8 Å². The Hall–Kier alpha value is -4.07. The summed E-state index contributed by atoms with van der Waals surface area (Å²) in [4.78, 5) is 12.8. The predicted molar refractivity (Wildman–Crippen MR) is 160 cm³/mol. The Morgan fingerprint density at radius 3 is 2.68 bits per heavy atom. The number of halogens is 1. The molecule has 1 aromatic heterocycles. The number of phenols is 1. The molecular weight excluding hydrogens is 591 g/mol. The highest BCUT2D eigenvalue weighted by molar-refractivity contribution is 7.84. The van der Waals surface area contributed by atoms with Gasteiger partial charge in [0.25, 0.3) is 0 Å². The first-order chi connectivity index (χ1) is 21.0. The van der Waals surface area contributed by atoms with E-state index in [4.69, 9.17) is 14.0 Å². The van der Waals surface area contributed by atoms with E-state index >= 15 is 4.39 Å². The van der Waals surface area contributed by atoms with E-state index in [-0.39, 0.29) is 49.8 Å². The lowest BCUT2D eigenvalue weighted by Gasteiger charge is -2.29. The third-order valence-corrected chi connectivity index (χ3v) is 9.22. The van der Waals surface area contributed by atoms with Crippen LogP contribution >= 0.6 is 0 Å². The number of rotatable bonds is 11. The third kappa shape index (κ3) is 6.40. The maximum absolute atomic E-state index is 15.6. The molecule has 0 fully saturated rings. The highest BCUT2D eigenvalue weighted by Crippen LogP contribution is 2.37. The molecule has 3 aromatic carbocycles. The minimum atomic E-state index is -4.20. The number of carbonyl (C=O) groups is 1. The average Bonchev–Trinajstić information content (AvgIpc) is 3.39. The molecule has 1 aliphatic rings. The number of phenolic OH excluding ortho intramolecular Hbond substituents is 1. The van der Waals surface area contributed by atoms with E-state index in [1.807, 2.05) is 19.1 Å². The van der Waals surface area contributed by atoms with Crippen molar-refractivity contribution in [2.45, 2.75) is 65.6 Å². The van der Waals surface area contributed by atoms with Gasteiger partial charge in [-0.15, -0.1) is 5.10 Å². The maximum Gasteiger partial charge on any atom is 0.385 e. The van der Waals surface area contributed by atoms with Gasteiger partial charge in [-0.2, -0.15) is 12.7 Å². The van der Waals surface area contributed by atoms with Crippen molar-refractivity contribution in [1.82, 2.24) is 19.3 Å². The molecule has 0 aliphatic carbocycles. The fourth-order valence-corrected chi connectivity index (χ4v) is 6.64. The first-order valence-electron chi connectivity index (χ1n) is 14.4. The quantitative estimate of drug-likeness (QED) is 0.183.